The topological polar surface area (TPSA) is 70.8 Å². The number of nitrogens with zero attached hydrogens (tertiary/aromatic N) is 3. The van der Waals surface area contributed by atoms with Gasteiger partial charge in [-0.3, -0.25) is 9.69 Å². The number of piperidine rings is 1. The number of carbonyl (C=O) groups is 1. The third-order valence-electron chi connectivity index (χ3n) is 6.54. The van der Waals surface area contributed by atoms with Crippen LogP contribution in [0.3, 0.4) is 0 Å². The number of carbonyl (C=O) groups excluding carboxylic acids is 1. The molecule has 2 aliphatic rings. The largest absolute Gasteiger partial charge is 0.377 e. The van der Waals surface area contributed by atoms with Gasteiger partial charge in [0.25, 0.3) is 0 Å². The molecule has 3 heterocycles. The van der Waals surface area contributed by atoms with Gasteiger partial charge in [-0.15, -0.1) is 0 Å². The second-order valence-electron chi connectivity index (χ2n) is 8.78. The number of amides is 1. The third kappa shape index (κ3) is 6.15. The van der Waals surface area contributed by atoms with Gasteiger partial charge in [0.05, 0.1) is 5.69 Å². The lowest BCUT2D eigenvalue weighted by Gasteiger charge is -2.37. The first kappa shape index (κ1) is 22.0. The summed E-state index contributed by atoms with van der Waals surface area (Å²) in [6.45, 7) is 6.84. The van der Waals surface area contributed by atoms with Crippen LogP contribution in [0.25, 0.3) is 0 Å². The highest BCUT2D eigenvalue weighted by atomic mass is 16.5. The van der Waals surface area contributed by atoms with Crippen molar-refractivity contribution < 1.29 is 14.1 Å². The lowest BCUT2D eigenvalue weighted by atomic mass is 9.81. The van der Waals surface area contributed by atoms with Gasteiger partial charge in [0.2, 0.25) is 5.91 Å². The normalized spacial score (nSPS) is 22.5. The molecule has 2 aliphatic heterocycles. The van der Waals surface area contributed by atoms with E-state index in [-0.39, 0.29) is 0 Å². The maximum Gasteiger partial charge on any atom is 0.222 e. The molecule has 2 aromatic rings. The molecule has 0 unspecified atom stereocenters. The second-order valence-corrected chi connectivity index (χ2v) is 8.78. The number of hydrogen-bond acceptors (Lipinski definition) is 6. The van der Waals surface area contributed by atoms with Crippen molar-refractivity contribution in [2.24, 2.45) is 11.8 Å². The molecule has 31 heavy (non-hydrogen) atoms. The Bertz CT molecular complexity index is 817. The van der Waals surface area contributed by atoms with Crippen molar-refractivity contribution in [2.45, 2.75) is 32.4 Å². The van der Waals surface area contributed by atoms with Crippen molar-refractivity contribution in [3.63, 3.8) is 0 Å². The molecule has 2 atom stereocenters. The number of hydrogen-bond donors (Lipinski definition) is 1. The molecule has 0 radical (unpaired) electrons. The van der Waals surface area contributed by atoms with Crippen LogP contribution >= 0.6 is 0 Å². The van der Waals surface area contributed by atoms with E-state index < -0.39 is 0 Å². The number of aromatic nitrogens is 1. The fourth-order valence-electron chi connectivity index (χ4n) is 4.77. The minimum absolute atomic E-state index is 0.302. The van der Waals surface area contributed by atoms with Gasteiger partial charge in [-0.2, -0.15) is 0 Å². The third-order valence-corrected chi connectivity index (χ3v) is 6.54. The Labute approximate surface area is 184 Å². The molecular formula is C24H34N4O3. The lowest BCUT2D eigenvalue weighted by Crippen LogP contribution is -2.49. The van der Waals surface area contributed by atoms with Crippen molar-refractivity contribution >= 4 is 5.91 Å². The van der Waals surface area contributed by atoms with E-state index in [2.05, 4.69) is 50.6 Å². The van der Waals surface area contributed by atoms with Gasteiger partial charge < -0.3 is 19.5 Å². The van der Waals surface area contributed by atoms with Crippen molar-refractivity contribution in [1.82, 2.24) is 20.3 Å². The molecule has 0 spiro atoms. The van der Waals surface area contributed by atoms with Gasteiger partial charge in [-0.05, 0) is 43.3 Å². The Hall–Kier alpha value is -2.22. The van der Waals surface area contributed by atoms with E-state index in [0.717, 1.165) is 70.1 Å². The number of ether oxygens (including phenoxy) is 1. The summed E-state index contributed by atoms with van der Waals surface area (Å²) in [5.41, 5.74) is 2.29. The Morgan fingerprint density at radius 1 is 1.19 bits per heavy atom. The zero-order valence-electron chi connectivity index (χ0n) is 18.5. The van der Waals surface area contributed by atoms with Gasteiger partial charge in [0, 0.05) is 52.3 Å². The van der Waals surface area contributed by atoms with Gasteiger partial charge in [0.15, 0.2) is 5.76 Å². The first-order valence-electron chi connectivity index (χ1n) is 11.4. The summed E-state index contributed by atoms with van der Waals surface area (Å²) in [5, 5.41) is 7.68. The number of piperazine rings is 1. The maximum absolute atomic E-state index is 13.1. The van der Waals surface area contributed by atoms with Crippen LogP contribution in [-0.4, -0.2) is 67.2 Å². The van der Waals surface area contributed by atoms with Crippen LogP contribution in [0.2, 0.25) is 0 Å². The molecule has 1 aromatic carbocycles. The predicted octanol–water partition coefficient (Wildman–Crippen LogP) is 2.32. The van der Waals surface area contributed by atoms with Gasteiger partial charge in [0.1, 0.15) is 6.61 Å². The van der Waals surface area contributed by atoms with Gasteiger partial charge in [-0.25, -0.2) is 0 Å². The molecule has 2 saturated heterocycles. The molecule has 4 rings (SSSR count). The van der Waals surface area contributed by atoms with E-state index in [0.29, 0.717) is 30.8 Å². The van der Waals surface area contributed by atoms with E-state index in [9.17, 15) is 4.79 Å². The maximum atomic E-state index is 13.1. The minimum atomic E-state index is 0.302. The molecule has 1 aromatic heterocycles. The van der Waals surface area contributed by atoms with Crippen LogP contribution in [0.1, 0.15) is 29.9 Å². The summed E-state index contributed by atoms with van der Waals surface area (Å²) in [6, 6.07) is 12.5. The molecule has 2 fully saturated rings. The first-order chi connectivity index (χ1) is 15.2. The summed E-state index contributed by atoms with van der Waals surface area (Å²) in [5.74, 6) is 1.84. The molecular weight excluding hydrogens is 392 g/mol. The Balaban J connectivity index is 1.26. The Kier molecular flexibility index (Phi) is 7.72. The molecule has 168 valence electrons. The molecule has 0 aliphatic carbocycles. The summed E-state index contributed by atoms with van der Waals surface area (Å²) < 4.78 is 10.4. The van der Waals surface area contributed by atoms with Crippen molar-refractivity contribution in [3.05, 3.63) is 53.4 Å². The van der Waals surface area contributed by atoms with Crippen LogP contribution in [0.15, 0.2) is 40.9 Å². The van der Waals surface area contributed by atoms with E-state index in [1.54, 1.807) is 7.11 Å². The highest BCUT2D eigenvalue weighted by molar-refractivity contribution is 5.76. The highest BCUT2D eigenvalue weighted by Gasteiger charge is 2.30. The smallest absolute Gasteiger partial charge is 0.222 e. The lowest BCUT2D eigenvalue weighted by molar-refractivity contribution is -0.134. The standard InChI is InChI=1S/C24H34N4O3/c1-30-18-23-15-22(26-31-23)13-21-16-25-8-7-20(21)14-24(29)28-11-9-27(10-12-28)17-19-5-3-2-4-6-19/h2-6,15,20-21,25H,7-14,16-18H2,1H3/t20-,21-/m0/s1. The van der Waals surface area contributed by atoms with Crippen LogP contribution in [0.4, 0.5) is 0 Å². The number of methoxy groups -OCH3 is 1. The van der Waals surface area contributed by atoms with Gasteiger partial charge in [-0.1, -0.05) is 35.5 Å². The highest BCUT2D eigenvalue weighted by Crippen LogP contribution is 2.27. The van der Waals surface area contributed by atoms with E-state index in [1.807, 2.05) is 6.07 Å². The summed E-state index contributed by atoms with van der Waals surface area (Å²) in [6.07, 6.45) is 2.50. The fourth-order valence-corrected chi connectivity index (χ4v) is 4.77. The van der Waals surface area contributed by atoms with E-state index >= 15 is 0 Å². The molecule has 1 N–H and O–H groups in total. The number of nitrogens with one attached hydrogen (secondary N) is 1. The van der Waals surface area contributed by atoms with E-state index in [4.69, 9.17) is 9.26 Å². The Morgan fingerprint density at radius 3 is 2.77 bits per heavy atom. The molecule has 0 bridgehead atoms. The average molecular weight is 427 g/mol. The average Bonchev–Trinajstić information content (AvgIpc) is 3.23. The second kappa shape index (κ2) is 10.9. The van der Waals surface area contributed by atoms with Crippen LogP contribution < -0.4 is 5.32 Å². The van der Waals surface area contributed by atoms with Crippen LogP contribution in [0.5, 0.6) is 0 Å². The van der Waals surface area contributed by atoms with Crippen molar-refractivity contribution in [3.8, 4) is 0 Å². The number of benzene rings is 1. The first-order valence-corrected chi connectivity index (χ1v) is 11.4. The predicted molar refractivity (Wildman–Crippen MR) is 118 cm³/mol. The van der Waals surface area contributed by atoms with Crippen molar-refractivity contribution in [1.29, 1.82) is 0 Å². The molecule has 7 heteroatoms. The molecule has 1 amide bonds. The van der Waals surface area contributed by atoms with Crippen molar-refractivity contribution in [2.75, 3.05) is 46.4 Å². The molecule has 0 saturated carbocycles. The Morgan fingerprint density at radius 2 is 2.00 bits per heavy atom. The molecule has 7 nitrogen and oxygen atoms in total. The number of rotatable bonds is 8. The fraction of sp³-hybridized carbons (Fsp3) is 0.583. The summed E-state index contributed by atoms with van der Waals surface area (Å²) in [4.78, 5) is 17.6. The summed E-state index contributed by atoms with van der Waals surface area (Å²) >= 11 is 0. The quantitative estimate of drug-likeness (QED) is 0.699. The van der Waals surface area contributed by atoms with Crippen LogP contribution in [-0.2, 0) is 29.1 Å². The van der Waals surface area contributed by atoms with E-state index in [1.165, 1.54) is 5.56 Å². The zero-order chi connectivity index (χ0) is 21.5. The SMILES string of the molecule is COCc1cc(C[C@H]2CNCC[C@H]2CC(=O)N2CCN(Cc3ccccc3)CC2)no1. The minimum Gasteiger partial charge on any atom is -0.377 e. The van der Waals surface area contributed by atoms with Crippen LogP contribution in [0, 0.1) is 11.8 Å². The zero-order valence-corrected chi connectivity index (χ0v) is 18.5. The monoisotopic (exact) mass is 426 g/mol. The van der Waals surface area contributed by atoms with Gasteiger partial charge >= 0.3 is 0 Å². The summed E-state index contributed by atoms with van der Waals surface area (Å²) in [7, 11) is 1.65.